The highest BCUT2D eigenvalue weighted by Gasteiger charge is 2.19. The first-order valence-electron chi connectivity index (χ1n) is 8.46. The Bertz CT molecular complexity index is 1110. The number of thioether (sulfide) groups is 1. The van der Waals surface area contributed by atoms with Crippen molar-refractivity contribution in [2.45, 2.75) is 31.8 Å². The van der Waals surface area contributed by atoms with Crippen LogP contribution in [0.5, 0.6) is 0 Å². The third-order valence-electron chi connectivity index (χ3n) is 4.24. The second-order valence-corrected chi connectivity index (χ2v) is 7.68. The van der Waals surface area contributed by atoms with Crippen molar-refractivity contribution in [3.63, 3.8) is 0 Å². The molecule has 1 aromatic carbocycles. The molecule has 0 spiro atoms. The van der Waals surface area contributed by atoms with Gasteiger partial charge in [-0.05, 0) is 42.7 Å². The minimum absolute atomic E-state index is 0.197. The van der Waals surface area contributed by atoms with Crippen molar-refractivity contribution in [2.75, 3.05) is 12.9 Å². The van der Waals surface area contributed by atoms with Crippen LogP contribution in [0.25, 0.3) is 10.2 Å². The first kappa shape index (κ1) is 19.4. The summed E-state index contributed by atoms with van der Waals surface area (Å²) >= 11 is 2.97. The molecule has 6 nitrogen and oxygen atoms in total. The Morgan fingerprint density at radius 2 is 1.96 bits per heavy atom. The van der Waals surface area contributed by atoms with Crippen LogP contribution in [0.4, 0.5) is 0 Å². The summed E-state index contributed by atoms with van der Waals surface area (Å²) in [6, 6.07) is 7.83. The van der Waals surface area contributed by atoms with Crippen LogP contribution in [0.3, 0.4) is 0 Å². The molecule has 0 amide bonds. The molecule has 0 radical (unpaired) electrons. The number of esters is 1. The fourth-order valence-corrected chi connectivity index (χ4v) is 4.61. The minimum atomic E-state index is -0.597. The van der Waals surface area contributed by atoms with E-state index in [1.807, 2.05) is 42.8 Å². The summed E-state index contributed by atoms with van der Waals surface area (Å²) in [6.45, 7) is 3.66. The molecular weight excluding hydrogens is 384 g/mol. The van der Waals surface area contributed by atoms with Gasteiger partial charge in [0, 0.05) is 4.90 Å². The maximum absolute atomic E-state index is 13.1. The predicted molar refractivity (Wildman–Crippen MR) is 109 cm³/mol. The Morgan fingerprint density at radius 3 is 2.67 bits per heavy atom. The average molecular weight is 405 g/mol. The lowest BCUT2D eigenvalue weighted by Crippen LogP contribution is -2.42. The van der Waals surface area contributed by atoms with Gasteiger partial charge in [0.1, 0.15) is 11.4 Å². The summed E-state index contributed by atoms with van der Waals surface area (Å²) in [6.07, 6.45) is 1.98. The minimum Gasteiger partial charge on any atom is -0.465 e. The molecule has 0 N–H and O–H groups in total. The zero-order chi connectivity index (χ0) is 19.6. The van der Waals surface area contributed by atoms with Gasteiger partial charge in [-0.15, -0.1) is 23.1 Å². The predicted octanol–water partition coefficient (Wildman–Crippen LogP) is 2.87. The number of aryl methyl sites for hydroxylation is 1. The number of rotatable bonds is 6. The summed E-state index contributed by atoms with van der Waals surface area (Å²) in [5.74, 6) is -0.597. The summed E-state index contributed by atoms with van der Waals surface area (Å²) in [7, 11) is 0. The van der Waals surface area contributed by atoms with Gasteiger partial charge in [-0.3, -0.25) is 14.2 Å². The molecule has 3 aromatic rings. The van der Waals surface area contributed by atoms with E-state index in [-0.39, 0.29) is 13.2 Å². The highest BCUT2D eigenvalue weighted by molar-refractivity contribution is 7.98. The molecule has 0 unspecified atom stereocenters. The van der Waals surface area contributed by atoms with E-state index in [0.29, 0.717) is 16.8 Å². The smallest absolute Gasteiger partial charge is 0.332 e. The highest BCUT2D eigenvalue weighted by Crippen LogP contribution is 2.24. The largest absolute Gasteiger partial charge is 0.465 e. The van der Waals surface area contributed by atoms with Gasteiger partial charge in [0.2, 0.25) is 0 Å². The van der Waals surface area contributed by atoms with E-state index >= 15 is 0 Å². The number of aromatic nitrogens is 2. The van der Waals surface area contributed by atoms with Crippen molar-refractivity contribution in [3.8, 4) is 0 Å². The fraction of sp³-hybridized carbons (Fsp3) is 0.316. The molecule has 3 rings (SSSR count). The molecular formula is C19H20N2O4S2. The van der Waals surface area contributed by atoms with E-state index in [1.54, 1.807) is 23.3 Å². The lowest BCUT2D eigenvalue weighted by molar-refractivity contribution is -0.143. The zero-order valence-corrected chi connectivity index (χ0v) is 17.0. The van der Waals surface area contributed by atoms with Gasteiger partial charge < -0.3 is 4.74 Å². The monoisotopic (exact) mass is 404 g/mol. The Labute approximate surface area is 164 Å². The number of thiophene rings is 1. The fourth-order valence-electron chi connectivity index (χ4n) is 2.96. The average Bonchev–Trinajstić information content (AvgIpc) is 3.04. The zero-order valence-electron chi connectivity index (χ0n) is 15.4. The number of hydrogen-bond donors (Lipinski definition) is 0. The summed E-state index contributed by atoms with van der Waals surface area (Å²) in [5.41, 5.74) is 0.833. The SMILES string of the molecule is CCOC(=O)Cn1c(=O)c2c(C)csc2n(Cc2ccccc2SC)c1=O. The van der Waals surface area contributed by atoms with Crippen LogP contribution in [0.1, 0.15) is 18.1 Å². The molecule has 0 atom stereocenters. The van der Waals surface area contributed by atoms with Gasteiger partial charge >= 0.3 is 11.7 Å². The van der Waals surface area contributed by atoms with Crippen LogP contribution in [0, 0.1) is 6.92 Å². The third-order valence-corrected chi connectivity index (χ3v) is 6.19. The van der Waals surface area contributed by atoms with Crippen molar-refractivity contribution in [1.82, 2.24) is 9.13 Å². The van der Waals surface area contributed by atoms with Crippen LogP contribution in [-0.4, -0.2) is 28.0 Å². The Hall–Kier alpha value is -2.32. The number of carbonyl (C=O) groups is 1. The van der Waals surface area contributed by atoms with Gasteiger partial charge in [-0.1, -0.05) is 18.2 Å². The molecule has 0 aliphatic heterocycles. The number of fused-ring (bicyclic) bond motifs is 1. The summed E-state index contributed by atoms with van der Waals surface area (Å²) < 4.78 is 7.47. The van der Waals surface area contributed by atoms with Gasteiger partial charge in [0.25, 0.3) is 5.56 Å². The Kier molecular flexibility index (Phi) is 5.86. The molecule has 27 heavy (non-hydrogen) atoms. The quantitative estimate of drug-likeness (QED) is 0.467. The lowest BCUT2D eigenvalue weighted by atomic mass is 10.2. The molecule has 0 fully saturated rings. The number of ether oxygens (including phenoxy) is 1. The second-order valence-electron chi connectivity index (χ2n) is 5.98. The van der Waals surface area contributed by atoms with E-state index in [0.717, 1.165) is 20.6 Å². The van der Waals surface area contributed by atoms with Crippen molar-refractivity contribution < 1.29 is 9.53 Å². The Morgan fingerprint density at radius 1 is 1.22 bits per heavy atom. The molecule has 2 aromatic heterocycles. The van der Waals surface area contributed by atoms with E-state index < -0.39 is 17.2 Å². The maximum atomic E-state index is 13.1. The van der Waals surface area contributed by atoms with Gasteiger partial charge in [-0.25, -0.2) is 9.36 Å². The van der Waals surface area contributed by atoms with E-state index in [9.17, 15) is 14.4 Å². The maximum Gasteiger partial charge on any atom is 0.332 e. The highest BCUT2D eigenvalue weighted by atomic mass is 32.2. The first-order chi connectivity index (χ1) is 13.0. The van der Waals surface area contributed by atoms with Crippen molar-refractivity contribution in [3.05, 3.63) is 61.6 Å². The number of hydrogen-bond acceptors (Lipinski definition) is 6. The topological polar surface area (TPSA) is 70.3 Å². The second kappa shape index (κ2) is 8.14. The third kappa shape index (κ3) is 3.72. The summed E-state index contributed by atoms with van der Waals surface area (Å²) in [4.78, 5) is 39.5. The molecule has 0 saturated carbocycles. The molecule has 0 aliphatic carbocycles. The van der Waals surface area contributed by atoms with Crippen LogP contribution in [-0.2, 0) is 22.6 Å². The molecule has 0 saturated heterocycles. The van der Waals surface area contributed by atoms with Gasteiger partial charge in [0.15, 0.2) is 0 Å². The van der Waals surface area contributed by atoms with E-state index in [1.165, 1.54) is 11.3 Å². The van der Waals surface area contributed by atoms with Crippen LogP contribution in [0.2, 0.25) is 0 Å². The lowest BCUT2D eigenvalue weighted by Gasteiger charge is -2.14. The number of benzene rings is 1. The normalized spacial score (nSPS) is 11.1. The van der Waals surface area contributed by atoms with E-state index in [4.69, 9.17) is 4.74 Å². The molecule has 8 heteroatoms. The van der Waals surface area contributed by atoms with E-state index in [2.05, 4.69) is 0 Å². The standard InChI is InChI=1S/C19H20N2O4S2/c1-4-25-15(22)10-20-17(23)16-12(2)11-27-18(16)21(19(20)24)9-13-7-5-6-8-14(13)26-3/h5-8,11H,4,9-10H2,1-3H3. The van der Waals surface area contributed by atoms with Crippen LogP contribution in [0.15, 0.2) is 44.1 Å². The molecule has 0 aliphatic rings. The van der Waals surface area contributed by atoms with Crippen LogP contribution >= 0.6 is 23.1 Å². The van der Waals surface area contributed by atoms with Crippen molar-refractivity contribution >= 4 is 39.3 Å². The Balaban J connectivity index is 2.21. The van der Waals surface area contributed by atoms with Crippen molar-refractivity contribution in [2.24, 2.45) is 0 Å². The van der Waals surface area contributed by atoms with Crippen LogP contribution < -0.4 is 11.2 Å². The summed E-state index contributed by atoms with van der Waals surface area (Å²) in [5, 5.41) is 2.34. The number of carbonyl (C=O) groups excluding carboxylic acids is 1. The van der Waals surface area contributed by atoms with Gasteiger partial charge in [-0.2, -0.15) is 0 Å². The number of nitrogens with zero attached hydrogens (tertiary/aromatic N) is 2. The van der Waals surface area contributed by atoms with Gasteiger partial charge in [0.05, 0.1) is 18.5 Å². The first-order valence-corrected chi connectivity index (χ1v) is 10.6. The van der Waals surface area contributed by atoms with Crippen molar-refractivity contribution in [1.29, 1.82) is 0 Å². The molecule has 2 heterocycles. The molecule has 0 bridgehead atoms. The molecule has 142 valence electrons.